The second kappa shape index (κ2) is 4.47. The van der Waals surface area contributed by atoms with Crippen molar-refractivity contribution >= 4 is 5.91 Å². The number of hydrogen-bond donors (Lipinski definition) is 0. The zero-order chi connectivity index (χ0) is 10.6. The average Bonchev–Trinajstić information content (AvgIpc) is 2.60. The molecule has 0 aliphatic rings. The Balaban J connectivity index is 2.78. The number of nitrogens with zero attached hydrogens (tertiary/aromatic N) is 2. The summed E-state index contributed by atoms with van der Waals surface area (Å²) in [4.78, 5) is 13.1. The Morgan fingerprint density at radius 1 is 1.64 bits per heavy atom. The summed E-state index contributed by atoms with van der Waals surface area (Å²) in [5.41, 5.74) is 0. The van der Waals surface area contributed by atoms with Crippen LogP contribution in [0.25, 0.3) is 0 Å². The maximum absolute atomic E-state index is 11.7. The van der Waals surface area contributed by atoms with E-state index in [0.717, 1.165) is 0 Å². The summed E-state index contributed by atoms with van der Waals surface area (Å²) in [7, 11) is 0. The summed E-state index contributed by atoms with van der Waals surface area (Å²) in [5.74, 6) is 0.753. The monoisotopic (exact) mass is 192 g/mol. The smallest absolute Gasteiger partial charge is 0.290 e. The molecule has 0 bridgehead atoms. The molecule has 1 amide bonds. The summed E-state index contributed by atoms with van der Waals surface area (Å²) >= 11 is 0. The molecule has 0 aliphatic carbocycles. The fourth-order valence-corrected chi connectivity index (χ4v) is 1.12. The molecule has 1 rings (SSSR count). The van der Waals surface area contributed by atoms with Crippen molar-refractivity contribution in [1.29, 1.82) is 5.26 Å². The molecule has 0 unspecified atom stereocenters. The molecular formula is C10H12N2O2. The highest BCUT2D eigenvalue weighted by Crippen LogP contribution is 2.09. The Bertz CT molecular complexity index is 362. The lowest BCUT2D eigenvalue weighted by Crippen LogP contribution is -2.30. The molecule has 0 aliphatic heterocycles. The molecule has 0 saturated heterocycles. The van der Waals surface area contributed by atoms with Gasteiger partial charge < -0.3 is 9.32 Å². The molecule has 0 aromatic carbocycles. The molecule has 74 valence electrons. The van der Waals surface area contributed by atoms with Gasteiger partial charge in [-0.05, 0) is 26.0 Å². The van der Waals surface area contributed by atoms with Crippen LogP contribution in [0, 0.1) is 18.3 Å². The highest BCUT2D eigenvalue weighted by molar-refractivity contribution is 5.91. The van der Waals surface area contributed by atoms with Crippen LogP contribution in [-0.2, 0) is 0 Å². The van der Waals surface area contributed by atoms with Gasteiger partial charge in [0.2, 0.25) is 0 Å². The molecule has 1 aromatic rings. The van der Waals surface area contributed by atoms with Gasteiger partial charge in [0, 0.05) is 6.54 Å². The molecule has 4 nitrogen and oxygen atoms in total. The van der Waals surface area contributed by atoms with Gasteiger partial charge in [0.1, 0.15) is 12.3 Å². The van der Waals surface area contributed by atoms with E-state index in [9.17, 15) is 4.79 Å². The van der Waals surface area contributed by atoms with Crippen LogP contribution in [0.2, 0.25) is 0 Å². The van der Waals surface area contributed by atoms with Gasteiger partial charge in [-0.2, -0.15) is 5.26 Å². The first-order valence-corrected chi connectivity index (χ1v) is 4.41. The van der Waals surface area contributed by atoms with Crippen molar-refractivity contribution < 1.29 is 9.21 Å². The number of aryl methyl sites for hydroxylation is 1. The Morgan fingerprint density at radius 3 is 2.79 bits per heavy atom. The average molecular weight is 192 g/mol. The van der Waals surface area contributed by atoms with Crippen molar-refractivity contribution in [3.8, 4) is 6.07 Å². The fourth-order valence-electron chi connectivity index (χ4n) is 1.12. The molecule has 0 N–H and O–H groups in total. The van der Waals surface area contributed by atoms with Crippen molar-refractivity contribution in [2.75, 3.05) is 13.1 Å². The van der Waals surface area contributed by atoms with E-state index in [-0.39, 0.29) is 12.5 Å². The third kappa shape index (κ3) is 2.13. The first-order valence-electron chi connectivity index (χ1n) is 4.41. The van der Waals surface area contributed by atoms with Crippen molar-refractivity contribution in [3.05, 3.63) is 23.7 Å². The molecule has 0 saturated carbocycles. The van der Waals surface area contributed by atoms with Crippen LogP contribution in [0.4, 0.5) is 0 Å². The predicted molar refractivity (Wildman–Crippen MR) is 50.6 cm³/mol. The number of carbonyl (C=O) groups is 1. The quantitative estimate of drug-likeness (QED) is 0.683. The second-order valence-corrected chi connectivity index (χ2v) is 2.89. The Labute approximate surface area is 82.7 Å². The summed E-state index contributed by atoms with van der Waals surface area (Å²) in [6.07, 6.45) is 0. The number of rotatable bonds is 3. The lowest BCUT2D eigenvalue weighted by Gasteiger charge is -2.14. The minimum absolute atomic E-state index is 0.0923. The van der Waals surface area contributed by atoms with Crippen LogP contribution in [-0.4, -0.2) is 23.9 Å². The minimum Gasteiger partial charge on any atom is -0.456 e. The van der Waals surface area contributed by atoms with E-state index in [2.05, 4.69) is 0 Å². The zero-order valence-electron chi connectivity index (χ0n) is 8.28. The molecule has 0 spiro atoms. The van der Waals surface area contributed by atoms with Gasteiger partial charge in [-0.1, -0.05) is 0 Å². The van der Waals surface area contributed by atoms with Gasteiger partial charge >= 0.3 is 0 Å². The van der Waals surface area contributed by atoms with E-state index in [4.69, 9.17) is 9.68 Å². The number of hydrogen-bond acceptors (Lipinski definition) is 3. The van der Waals surface area contributed by atoms with E-state index >= 15 is 0 Å². The lowest BCUT2D eigenvalue weighted by molar-refractivity contribution is 0.0751. The van der Waals surface area contributed by atoms with Gasteiger partial charge in [-0.3, -0.25) is 4.79 Å². The lowest BCUT2D eigenvalue weighted by atomic mass is 10.3. The molecular weight excluding hydrogens is 180 g/mol. The van der Waals surface area contributed by atoms with E-state index < -0.39 is 0 Å². The topological polar surface area (TPSA) is 57.2 Å². The number of amides is 1. The van der Waals surface area contributed by atoms with Crippen molar-refractivity contribution in [3.63, 3.8) is 0 Å². The van der Waals surface area contributed by atoms with Crippen LogP contribution < -0.4 is 0 Å². The van der Waals surface area contributed by atoms with Crippen LogP contribution in [0.5, 0.6) is 0 Å². The molecule has 0 atom stereocenters. The molecule has 1 heterocycles. The number of carbonyl (C=O) groups excluding carboxylic acids is 1. The highest BCUT2D eigenvalue weighted by atomic mass is 16.3. The Hall–Kier alpha value is -1.76. The van der Waals surface area contributed by atoms with Crippen LogP contribution >= 0.6 is 0 Å². The summed E-state index contributed by atoms with van der Waals surface area (Å²) in [6.45, 7) is 4.20. The molecule has 0 radical (unpaired) electrons. The summed E-state index contributed by atoms with van der Waals surface area (Å²) in [6, 6.07) is 5.29. The van der Waals surface area contributed by atoms with E-state index in [1.165, 1.54) is 4.90 Å². The van der Waals surface area contributed by atoms with E-state index in [0.29, 0.717) is 18.1 Å². The van der Waals surface area contributed by atoms with Crippen LogP contribution in [0.15, 0.2) is 16.5 Å². The predicted octanol–water partition coefficient (Wildman–Crippen LogP) is 1.57. The van der Waals surface area contributed by atoms with Crippen molar-refractivity contribution in [1.82, 2.24) is 4.90 Å². The summed E-state index contributed by atoms with van der Waals surface area (Å²) in [5, 5.41) is 8.49. The Kier molecular flexibility index (Phi) is 3.29. The maximum atomic E-state index is 11.7. The highest BCUT2D eigenvalue weighted by Gasteiger charge is 2.16. The van der Waals surface area contributed by atoms with E-state index in [1.807, 2.05) is 13.0 Å². The molecule has 14 heavy (non-hydrogen) atoms. The van der Waals surface area contributed by atoms with Crippen LogP contribution in [0.3, 0.4) is 0 Å². The van der Waals surface area contributed by atoms with Crippen LogP contribution in [0.1, 0.15) is 23.2 Å². The molecule has 4 heteroatoms. The Morgan fingerprint density at radius 2 is 2.36 bits per heavy atom. The minimum atomic E-state index is -0.234. The first-order chi connectivity index (χ1) is 6.69. The van der Waals surface area contributed by atoms with Gasteiger partial charge in [-0.15, -0.1) is 0 Å². The third-order valence-electron chi connectivity index (χ3n) is 1.88. The maximum Gasteiger partial charge on any atom is 0.290 e. The fraction of sp³-hybridized carbons (Fsp3) is 0.400. The van der Waals surface area contributed by atoms with Gasteiger partial charge in [0.25, 0.3) is 5.91 Å². The second-order valence-electron chi connectivity index (χ2n) is 2.89. The SMILES string of the molecule is CCN(CC#N)C(=O)c1ccc(C)o1. The van der Waals surface area contributed by atoms with Gasteiger partial charge in [0.05, 0.1) is 6.07 Å². The zero-order valence-corrected chi connectivity index (χ0v) is 8.28. The molecule has 0 fully saturated rings. The first kappa shape index (κ1) is 10.3. The number of furan rings is 1. The summed E-state index contributed by atoms with van der Waals surface area (Å²) < 4.78 is 5.17. The standard InChI is InChI=1S/C10H12N2O2/c1-3-12(7-6-11)10(13)9-5-4-8(2)14-9/h4-5H,3,7H2,1-2H3. The number of nitriles is 1. The largest absolute Gasteiger partial charge is 0.456 e. The van der Waals surface area contributed by atoms with E-state index in [1.54, 1.807) is 19.1 Å². The van der Waals surface area contributed by atoms with Crippen molar-refractivity contribution in [2.45, 2.75) is 13.8 Å². The normalized spacial score (nSPS) is 9.50. The molecule has 1 aromatic heterocycles. The third-order valence-corrected chi connectivity index (χ3v) is 1.88. The van der Waals surface area contributed by atoms with Crippen molar-refractivity contribution in [2.24, 2.45) is 0 Å². The van der Waals surface area contributed by atoms with Gasteiger partial charge in [0.15, 0.2) is 5.76 Å². The van der Waals surface area contributed by atoms with Gasteiger partial charge in [-0.25, -0.2) is 0 Å².